The van der Waals surface area contributed by atoms with Crippen LogP contribution in [0.25, 0.3) is 22.2 Å². The van der Waals surface area contributed by atoms with Crippen LogP contribution in [0.2, 0.25) is 0 Å². The predicted molar refractivity (Wildman–Crippen MR) is 96.5 cm³/mol. The third-order valence-electron chi connectivity index (χ3n) is 4.13. The first-order chi connectivity index (χ1) is 12.1. The number of hydrogen-bond acceptors (Lipinski definition) is 4. The number of nitro benzene ring substituents is 1. The Labute approximate surface area is 145 Å². The number of nitrogens with zero attached hydrogens (tertiary/aromatic N) is 2. The molecule has 25 heavy (non-hydrogen) atoms. The molecule has 0 atom stereocenters. The number of aryl methyl sites for hydroxylation is 1. The van der Waals surface area contributed by atoms with Crippen LogP contribution in [-0.4, -0.2) is 29.8 Å². The van der Waals surface area contributed by atoms with Crippen LogP contribution in [0.5, 0.6) is 0 Å². The summed E-state index contributed by atoms with van der Waals surface area (Å²) in [5.41, 5.74) is 3.45. The van der Waals surface area contributed by atoms with Crippen molar-refractivity contribution in [3.63, 3.8) is 0 Å². The SMILES string of the molecule is COCCOCc1cc([N+](=O)[O-])c2c(c1)cc(-c1ccccc1)n2C. The van der Waals surface area contributed by atoms with Crippen molar-refractivity contribution in [2.45, 2.75) is 6.61 Å². The Balaban J connectivity index is 2.05. The van der Waals surface area contributed by atoms with E-state index in [1.165, 1.54) is 0 Å². The summed E-state index contributed by atoms with van der Waals surface area (Å²) in [7, 11) is 3.46. The highest BCUT2D eigenvalue weighted by Gasteiger charge is 2.19. The summed E-state index contributed by atoms with van der Waals surface area (Å²) in [6.45, 7) is 1.26. The van der Waals surface area contributed by atoms with Crippen molar-refractivity contribution in [2.75, 3.05) is 20.3 Å². The van der Waals surface area contributed by atoms with Gasteiger partial charge in [0.15, 0.2) is 0 Å². The molecule has 0 radical (unpaired) electrons. The second kappa shape index (κ2) is 7.46. The number of ether oxygens (including phenoxy) is 2. The lowest BCUT2D eigenvalue weighted by Gasteiger charge is -2.07. The third kappa shape index (κ3) is 3.55. The zero-order chi connectivity index (χ0) is 17.8. The molecule has 6 nitrogen and oxygen atoms in total. The highest BCUT2D eigenvalue weighted by molar-refractivity contribution is 5.94. The Kier molecular flexibility index (Phi) is 5.11. The van der Waals surface area contributed by atoms with Gasteiger partial charge in [0.05, 0.1) is 24.7 Å². The average molecular weight is 340 g/mol. The van der Waals surface area contributed by atoms with E-state index >= 15 is 0 Å². The number of methoxy groups -OCH3 is 1. The first kappa shape index (κ1) is 17.1. The van der Waals surface area contributed by atoms with Crippen molar-refractivity contribution < 1.29 is 14.4 Å². The maximum Gasteiger partial charge on any atom is 0.293 e. The molecule has 0 spiro atoms. The Morgan fingerprint density at radius 1 is 1.12 bits per heavy atom. The lowest BCUT2D eigenvalue weighted by molar-refractivity contribution is -0.383. The van der Waals surface area contributed by atoms with Crippen molar-refractivity contribution in [1.29, 1.82) is 0 Å². The molecular formula is C19H20N2O4. The summed E-state index contributed by atoms with van der Waals surface area (Å²) in [4.78, 5) is 11.2. The fraction of sp³-hybridized carbons (Fsp3) is 0.263. The van der Waals surface area contributed by atoms with E-state index in [9.17, 15) is 10.1 Å². The minimum atomic E-state index is -0.338. The summed E-state index contributed by atoms with van der Waals surface area (Å²) < 4.78 is 12.3. The van der Waals surface area contributed by atoms with Crippen molar-refractivity contribution >= 4 is 16.6 Å². The number of nitro groups is 1. The Morgan fingerprint density at radius 3 is 2.56 bits per heavy atom. The number of aromatic nitrogens is 1. The second-order valence-corrected chi connectivity index (χ2v) is 5.81. The number of benzene rings is 2. The van der Waals surface area contributed by atoms with Gasteiger partial charge in [-0.15, -0.1) is 0 Å². The van der Waals surface area contributed by atoms with Gasteiger partial charge in [-0.2, -0.15) is 0 Å². The van der Waals surface area contributed by atoms with Crippen LogP contribution in [0, 0.1) is 10.1 Å². The molecule has 0 amide bonds. The number of rotatable bonds is 7. The molecule has 0 aliphatic heterocycles. The fourth-order valence-electron chi connectivity index (χ4n) is 2.98. The summed E-state index contributed by atoms with van der Waals surface area (Å²) >= 11 is 0. The molecule has 1 aromatic heterocycles. The molecule has 0 aliphatic rings. The van der Waals surface area contributed by atoms with Crippen LogP contribution in [-0.2, 0) is 23.1 Å². The molecule has 0 saturated heterocycles. The Hall–Kier alpha value is -2.70. The number of fused-ring (bicyclic) bond motifs is 1. The summed E-state index contributed by atoms with van der Waals surface area (Å²) in [5.74, 6) is 0. The smallest absolute Gasteiger partial charge is 0.293 e. The molecule has 0 unspecified atom stereocenters. The molecule has 3 aromatic rings. The molecule has 3 rings (SSSR count). The highest BCUT2D eigenvalue weighted by atomic mass is 16.6. The first-order valence-corrected chi connectivity index (χ1v) is 8.00. The minimum Gasteiger partial charge on any atom is -0.382 e. The Bertz CT molecular complexity index is 887. The molecule has 6 heteroatoms. The number of non-ortho nitro benzene ring substituents is 1. The van der Waals surface area contributed by atoms with Gasteiger partial charge in [0.2, 0.25) is 0 Å². The molecule has 0 aliphatic carbocycles. The van der Waals surface area contributed by atoms with Crippen LogP contribution in [0.1, 0.15) is 5.56 Å². The normalized spacial score (nSPS) is 11.1. The zero-order valence-corrected chi connectivity index (χ0v) is 14.3. The van der Waals surface area contributed by atoms with Gasteiger partial charge in [-0.1, -0.05) is 30.3 Å². The van der Waals surface area contributed by atoms with Crippen LogP contribution in [0.3, 0.4) is 0 Å². The topological polar surface area (TPSA) is 66.5 Å². The standard InChI is InChI=1S/C19H20N2O4/c1-20-17(15-6-4-3-5-7-15)12-16-10-14(13-25-9-8-24-2)11-18(19(16)20)21(22)23/h3-7,10-12H,8-9,13H2,1-2H3. The van der Waals surface area contributed by atoms with Crippen molar-refractivity contribution in [3.8, 4) is 11.3 Å². The number of hydrogen-bond donors (Lipinski definition) is 0. The fourth-order valence-corrected chi connectivity index (χ4v) is 2.98. The average Bonchev–Trinajstić information content (AvgIpc) is 2.95. The summed E-state index contributed by atoms with van der Waals surface area (Å²) in [6.07, 6.45) is 0. The van der Waals surface area contributed by atoms with E-state index in [4.69, 9.17) is 9.47 Å². The molecular weight excluding hydrogens is 320 g/mol. The lowest BCUT2D eigenvalue weighted by atomic mass is 10.1. The van der Waals surface area contributed by atoms with Gasteiger partial charge in [0.25, 0.3) is 5.69 Å². The van der Waals surface area contributed by atoms with E-state index in [1.54, 1.807) is 13.2 Å². The Morgan fingerprint density at radius 2 is 1.88 bits per heavy atom. The van der Waals surface area contributed by atoms with E-state index in [2.05, 4.69) is 0 Å². The van der Waals surface area contributed by atoms with Gasteiger partial charge in [-0.3, -0.25) is 10.1 Å². The first-order valence-electron chi connectivity index (χ1n) is 8.00. The van der Waals surface area contributed by atoms with Crippen LogP contribution < -0.4 is 0 Å². The predicted octanol–water partition coefficient (Wildman–Crippen LogP) is 3.92. The quantitative estimate of drug-likeness (QED) is 0.371. The van der Waals surface area contributed by atoms with E-state index in [0.717, 1.165) is 22.2 Å². The van der Waals surface area contributed by atoms with Gasteiger partial charge in [-0.05, 0) is 23.3 Å². The van der Waals surface area contributed by atoms with Crippen LogP contribution in [0.15, 0.2) is 48.5 Å². The van der Waals surface area contributed by atoms with Crippen molar-refractivity contribution in [1.82, 2.24) is 4.57 Å². The summed E-state index contributed by atoms with van der Waals surface area (Å²) in [5, 5.41) is 12.4. The molecule has 2 aromatic carbocycles. The van der Waals surface area contributed by atoms with Gasteiger partial charge in [-0.25, -0.2) is 0 Å². The van der Waals surface area contributed by atoms with Gasteiger partial charge >= 0.3 is 0 Å². The van der Waals surface area contributed by atoms with Crippen molar-refractivity contribution in [2.24, 2.45) is 7.05 Å². The maximum atomic E-state index is 11.6. The molecule has 0 N–H and O–H groups in total. The lowest BCUT2D eigenvalue weighted by Crippen LogP contribution is -2.02. The van der Waals surface area contributed by atoms with E-state index in [0.29, 0.717) is 25.3 Å². The van der Waals surface area contributed by atoms with Gasteiger partial charge in [0.1, 0.15) is 5.52 Å². The molecule has 0 saturated carbocycles. The monoisotopic (exact) mass is 340 g/mol. The summed E-state index contributed by atoms with van der Waals surface area (Å²) in [6, 6.07) is 15.4. The van der Waals surface area contributed by atoms with Gasteiger partial charge in [0, 0.05) is 31.3 Å². The zero-order valence-electron chi connectivity index (χ0n) is 14.3. The third-order valence-corrected chi connectivity index (χ3v) is 4.13. The molecule has 130 valence electrons. The largest absolute Gasteiger partial charge is 0.382 e. The van der Waals surface area contributed by atoms with E-state index < -0.39 is 0 Å². The molecule has 0 bridgehead atoms. The van der Waals surface area contributed by atoms with Crippen LogP contribution in [0.4, 0.5) is 5.69 Å². The second-order valence-electron chi connectivity index (χ2n) is 5.81. The molecule has 0 fully saturated rings. The van der Waals surface area contributed by atoms with Gasteiger partial charge < -0.3 is 14.0 Å². The molecule has 1 heterocycles. The van der Waals surface area contributed by atoms with Crippen molar-refractivity contribution in [3.05, 3.63) is 64.2 Å². The minimum absolute atomic E-state index is 0.0903. The van der Waals surface area contributed by atoms with E-state index in [1.807, 2.05) is 54.1 Å². The maximum absolute atomic E-state index is 11.6. The van der Waals surface area contributed by atoms with E-state index in [-0.39, 0.29) is 10.6 Å². The highest BCUT2D eigenvalue weighted by Crippen LogP contribution is 2.34. The van der Waals surface area contributed by atoms with Crippen LogP contribution >= 0.6 is 0 Å².